The average Bonchev–Trinajstić information content (AvgIpc) is 2.48. The van der Waals surface area contributed by atoms with Crippen LogP contribution in [0.2, 0.25) is 0 Å². The van der Waals surface area contributed by atoms with Gasteiger partial charge >= 0.3 is 6.18 Å². The Labute approximate surface area is 87.0 Å². The van der Waals surface area contributed by atoms with Crippen molar-refractivity contribution in [3.05, 3.63) is 23.2 Å². The van der Waals surface area contributed by atoms with Gasteiger partial charge in [-0.05, 0) is 12.1 Å². The van der Waals surface area contributed by atoms with Crippen molar-refractivity contribution in [2.75, 3.05) is 0 Å². The number of fused-ring (bicyclic) bond motifs is 1. The maximum atomic E-state index is 12.3. The summed E-state index contributed by atoms with van der Waals surface area (Å²) >= 11 is 4.67. The number of thiol groups is 1. The van der Waals surface area contributed by atoms with Crippen LogP contribution in [0.15, 0.2) is 23.1 Å². The fourth-order valence-electron chi connectivity index (χ4n) is 1.06. The van der Waals surface area contributed by atoms with Gasteiger partial charge in [-0.3, -0.25) is 0 Å². The Kier molecular flexibility index (Phi) is 2.19. The third kappa shape index (κ3) is 1.59. The first-order valence-corrected chi connectivity index (χ1v) is 4.90. The largest absolute Gasteiger partial charge is 0.443 e. The van der Waals surface area contributed by atoms with Crippen LogP contribution in [0.25, 0.3) is 10.2 Å². The number of nitrogens with zero attached hydrogens (tertiary/aromatic N) is 1. The van der Waals surface area contributed by atoms with Crippen LogP contribution in [0.5, 0.6) is 0 Å². The van der Waals surface area contributed by atoms with E-state index < -0.39 is 11.2 Å². The van der Waals surface area contributed by atoms with Gasteiger partial charge in [0.25, 0.3) is 0 Å². The van der Waals surface area contributed by atoms with Gasteiger partial charge in [0.1, 0.15) is 0 Å². The Hall–Kier alpha value is -0.750. The maximum absolute atomic E-state index is 12.3. The van der Waals surface area contributed by atoms with Gasteiger partial charge < -0.3 is 0 Å². The molecule has 1 nitrogen and oxygen atoms in total. The summed E-state index contributed by atoms with van der Waals surface area (Å²) in [6, 6.07) is 4.87. The van der Waals surface area contributed by atoms with Gasteiger partial charge in [0.15, 0.2) is 5.01 Å². The lowest BCUT2D eigenvalue weighted by Gasteiger charge is -1.98. The Morgan fingerprint density at radius 1 is 1.29 bits per heavy atom. The van der Waals surface area contributed by atoms with E-state index in [2.05, 4.69) is 17.6 Å². The molecule has 74 valence electrons. The predicted molar refractivity (Wildman–Crippen MR) is 51.9 cm³/mol. The molecule has 0 atom stereocenters. The van der Waals surface area contributed by atoms with Gasteiger partial charge in [0, 0.05) is 4.90 Å². The highest BCUT2D eigenvalue weighted by molar-refractivity contribution is 7.80. The molecule has 1 heterocycles. The zero-order valence-electron chi connectivity index (χ0n) is 6.67. The highest BCUT2D eigenvalue weighted by Crippen LogP contribution is 2.36. The van der Waals surface area contributed by atoms with E-state index in [4.69, 9.17) is 0 Å². The lowest BCUT2D eigenvalue weighted by atomic mass is 10.3. The summed E-state index contributed by atoms with van der Waals surface area (Å²) in [6.07, 6.45) is -4.37. The first kappa shape index (κ1) is 9.79. The number of hydrogen-bond donors (Lipinski definition) is 1. The van der Waals surface area contributed by atoms with E-state index in [0.29, 0.717) is 26.4 Å². The Balaban J connectivity index is 2.69. The summed E-state index contributed by atoms with van der Waals surface area (Å²) in [7, 11) is 0. The molecule has 0 aliphatic carbocycles. The van der Waals surface area contributed by atoms with Crippen molar-refractivity contribution < 1.29 is 13.2 Å². The summed E-state index contributed by atoms with van der Waals surface area (Å²) in [5.41, 5.74) is 0.313. The number of benzene rings is 1. The molecular formula is C8H4F3NS2. The zero-order valence-corrected chi connectivity index (χ0v) is 8.38. The molecule has 0 amide bonds. The maximum Gasteiger partial charge on any atom is 0.443 e. The summed E-state index contributed by atoms with van der Waals surface area (Å²) in [5, 5.41) is -0.825. The van der Waals surface area contributed by atoms with Crippen molar-refractivity contribution in [3.8, 4) is 0 Å². The number of halogens is 3. The van der Waals surface area contributed by atoms with Gasteiger partial charge in [-0.25, -0.2) is 4.98 Å². The number of thiazole rings is 1. The molecule has 0 N–H and O–H groups in total. The molecule has 0 unspecified atom stereocenters. The third-order valence-corrected chi connectivity index (χ3v) is 3.07. The van der Waals surface area contributed by atoms with Crippen molar-refractivity contribution in [1.29, 1.82) is 0 Å². The van der Waals surface area contributed by atoms with Crippen LogP contribution in [-0.4, -0.2) is 4.98 Å². The molecule has 1 aromatic carbocycles. The summed E-state index contributed by atoms with van der Waals surface area (Å²) in [4.78, 5) is 3.97. The van der Waals surface area contributed by atoms with Gasteiger partial charge in [0.2, 0.25) is 0 Å². The standard InChI is InChI=1S/C8H4F3NS2/c9-8(10,11)7-12-6-4(13)2-1-3-5(6)14-7/h1-3,13H. The second kappa shape index (κ2) is 3.13. The van der Waals surface area contributed by atoms with Crippen LogP contribution in [0.4, 0.5) is 13.2 Å². The van der Waals surface area contributed by atoms with E-state index >= 15 is 0 Å². The molecule has 0 bridgehead atoms. The van der Waals surface area contributed by atoms with Crippen LogP contribution in [-0.2, 0) is 6.18 Å². The normalized spacial score (nSPS) is 12.3. The van der Waals surface area contributed by atoms with Crippen LogP contribution in [0.3, 0.4) is 0 Å². The Bertz CT molecular complexity index is 475. The van der Waals surface area contributed by atoms with Crippen LogP contribution in [0.1, 0.15) is 5.01 Å². The fraction of sp³-hybridized carbons (Fsp3) is 0.125. The van der Waals surface area contributed by atoms with Crippen molar-refractivity contribution >= 4 is 34.2 Å². The first-order valence-electron chi connectivity index (χ1n) is 3.64. The SMILES string of the molecule is FC(F)(F)c1nc2c(S)cccc2s1. The smallest absolute Gasteiger partial charge is 0.231 e. The molecule has 0 radical (unpaired) electrons. The molecule has 0 spiro atoms. The first-order chi connectivity index (χ1) is 6.48. The minimum absolute atomic E-state index is 0.313. The lowest BCUT2D eigenvalue weighted by molar-refractivity contribution is -0.137. The minimum Gasteiger partial charge on any atom is -0.231 e. The molecule has 0 saturated heterocycles. The van der Waals surface area contributed by atoms with Crippen molar-refractivity contribution in [1.82, 2.24) is 4.98 Å². The van der Waals surface area contributed by atoms with E-state index in [9.17, 15) is 13.2 Å². The van der Waals surface area contributed by atoms with Crippen LogP contribution in [0, 0.1) is 0 Å². The van der Waals surface area contributed by atoms with Gasteiger partial charge in [-0.1, -0.05) is 6.07 Å². The molecule has 1 aromatic heterocycles. The quantitative estimate of drug-likeness (QED) is 0.688. The topological polar surface area (TPSA) is 12.9 Å². The van der Waals surface area contributed by atoms with E-state index in [1.807, 2.05) is 0 Å². The van der Waals surface area contributed by atoms with E-state index in [1.165, 1.54) is 0 Å². The number of alkyl halides is 3. The molecule has 0 aliphatic rings. The van der Waals surface area contributed by atoms with Gasteiger partial charge in [0.05, 0.1) is 10.2 Å². The summed E-state index contributed by atoms with van der Waals surface area (Å²) in [5.74, 6) is 0. The second-order valence-corrected chi connectivity index (χ2v) is 4.15. The number of aromatic nitrogens is 1. The van der Waals surface area contributed by atoms with Gasteiger partial charge in [-0.2, -0.15) is 13.2 Å². The monoisotopic (exact) mass is 235 g/mol. The molecule has 0 fully saturated rings. The summed E-state index contributed by atoms with van der Waals surface area (Å²) in [6.45, 7) is 0. The van der Waals surface area contributed by atoms with Crippen molar-refractivity contribution in [3.63, 3.8) is 0 Å². The van der Waals surface area contributed by atoms with Gasteiger partial charge in [-0.15, -0.1) is 24.0 Å². The summed E-state index contributed by atoms with van der Waals surface area (Å²) < 4.78 is 37.3. The minimum atomic E-state index is -4.37. The van der Waals surface area contributed by atoms with E-state index in [1.54, 1.807) is 18.2 Å². The number of rotatable bonds is 0. The molecule has 0 aliphatic heterocycles. The van der Waals surface area contributed by atoms with Crippen molar-refractivity contribution in [2.24, 2.45) is 0 Å². The predicted octanol–water partition coefficient (Wildman–Crippen LogP) is 3.60. The lowest BCUT2D eigenvalue weighted by Crippen LogP contribution is -2.03. The zero-order chi connectivity index (χ0) is 10.3. The highest BCUT2D eigenvalue weighted by atomic mass is 32.1. The molecule has 2 aromatic rings. The van der Waals surface area contributed by atoms with Crippen molar-refractivity contribution in [2.45, 2.75) is 11.1 Å². The number of hydrogen-bond acceptors (Lipinski definition) is 3. The van der Waals surface area contributed by atoms with E-state index in [0.717, 1.165) is 0 Å². The molecule has 14 heavy (non-hydrogen) atoms. The second-order valence-electron chi connectivity index (χ2n) is 2.64. The fourth-order valence-corrected chi connectivity index (χ4v) is 2.25. The third-order valence-electron chi connectivity index (χ3n) is 1.64. The van der Waals surface area contributed by atoms with Crippen LogP contribution < -0.4 is 0 Å². The molecule has 6 heteroatoms. The number of para-hydroxylation sites is 1. The molecule has 0 saturated carbocycles. The Morgan fingerprint density at radius 2 is 2.00 bits per heavy atom. The molecular weight excluding hydrogens is 231 g/mol. The highest BCUT2D eigenvalue weighted by Gasteiger charge is 2.35. The Morgan fingerprint density at radius 3 is 2.57 bits per heavy atom. The average molecular weight is 235 g/mol. The molecule has 2 rings (SSSR count). The van der Waals surface area contributed by atoms with Crippen LogP contribution >= 0.6 is 24.0 Å². The van der Waals surface area contributed by atoms with E-state index in [-0.39, 0.29) is 0 Å².